The number of primary amides is 1. The quantitative estimate of drug-likeness (QED) is 0.125. The van der Waals surface area contributed by atoms with Crippen molar-refractivity contribution in [1.82, 2.24) is 14.7 Å². The molecule has 0 spiro atoms. The van der Waals surface area contributed by atoms with Crippen LogP contribution >= 0.6 is 27.9 Å². The van der Waals surface area contributed by atoms with E-state index in [1.165, 1.54) is 24.1 Å². The zero-order valence-electron chi connectivity index (χ0n) is 23.5. The molecule has 222 valence electrons. The summed E-state index contributed by atoms with van der Waals surface area (Å²) in [4.78, 5) is 21.5. The van der Waals surface area contributed by atoms with Gasteiger partial charge in [-0.15, -0.1) is 0 Å². The molecule has 0 aliphatic carbocycles. The van der Waals surface area contributed by atoms with Crippen molar-refractivity contribution < 1.29 is 23.8 Å². The first-order valence-electron chi connectivity index (χ1n) is 12.9. The van der Waals surface area contributed by atoms with Crippen LogP contribution in [-0.4, -0.2) is 58.5 Å². The van der Waals surface area contributed by atoms with Gasteiger partial charge < -0.3 is 30.9 Å². The van der Waals surface area contributed by atoms with Crippen molar-refractivity contribution in [3.63, 3.8) is 0 Å². The van der Waals surface area contributed by atoms with E-state index in [1.54, 1.807) is 12.3 Å². The topological polar surface area (TPSA) is 144 Å². The summed E-state index contributed by atoms with van der Waals surface area (Å²) >= 11 is 4.87. The van der Waals surface area contributed by atoms with Gasteiger partial charge in [0, 0.05) is 23.3 Å². The SMILES string of the molecule is CC(C)(CCOC(C)(C)CNSc1ccc(Nc2ncc(Br)c(Nc3cccc(F)c3C(N)=O)n2)cc1)OCCO. The zero-order chi connectivity index (χ0) is 30.0. The molecule has 0 bridgehead atoms. The molecule has 0 atom stereocenters. The maximum atomic E-state index is 14.1. The second-order valence-electron chi connectivity index (χ2n) is 10.3. The molecule has 13 heteroatoms. The molecule has 10 nitrogen and oxygen atoms in total. The first-order valence-corrected chi connectivity index (χ1v) is 14.5. The number of ether oxygens (including phenoxy) is 2. The molecule has 0 unspecified atom stereocenters. The number of hydrogen-bond acceptors (Lipinski definition) is 10. The summed E-state index contributed by atoms with van der Waals surface area (Å²) in [6.07, 6.45) is 2.26. The van der Waals surface area contributed by atoms with Crippen LogP contribution in [0.5, 0.6) is 0 Å². The van der Waals surface area contributed by atoms with E-state index in [0.717, 1.165) is 17.0 Å². The number of hydrogen-bond donors (Lipinski definition) is 5. The number of aliphatic hydroxyl groups is 1. The molecule has 0 saturated carbocycles. The third-order valence-corrected chi connectivity index (χ3v) is 7.21. The van der Waals surface area contributed by atoms with Gasteiger partial charge in [0.1, 0.15) is 11.6 Å². The van der Waals surface area contributed by atoms with Crippen LogP contribution in [0.4, 0.5) is 27.5 Å². The van der Waals surface area contributed by atoms with Gasteiger partial charge in [-0.05, 0) is 98.4 Å². The van der Waals surface area contributed by atoms with Crippen LogP contribution in [0.25, 0.3) is 0 Å². The molecule has 1 amide bonds. The predicted octanol–water partition coefficient (Wildman–Crippen LogP) is 5.53. The Labute approximate surface area is 252 Å². The first kappa shape index (κ1) is 32.7. The van der Waals surface area contributed by atoms with Gasteiger partial charge in [0.15, 0.2) is 0 Å². The number of aliphatic hydroxyl groups excluding tert-OH is 1. The van der Waals surface area contributed by atoms with Crippen LogP contribution in [0.1, 0.15) is 44.5 Å². The van der Waals surface area contributed by atoms with E-state index < -0.39 is 11.7 Å². The highest BCUT2D eigenvalue weighted by molar-refractivity contribution is 9.10. The van der Waals surface area contributed by atoms with Gasteiger partial charge in [0.25, 0.3) is 5.91 Å². The molecule has 1 aromatic heterocycles. The standard InChI is InChI=1S/C28H36BrFN6O4S/c1-27(2,40-15-13-37)12-14-39-28(3,4)17-33-41-19-10-8-18(9-11-19)34-26-32-16-20(29)25(36-26)35-22-7-5-6-21(30)23(22)24(31)38/h5-11,16,33,37H,12-15,17H2,1-4H3,(H2,31,38)(H2,32,34,35,36). The summed E-state index contributed by atoms with van der Waals surface area (Å²) < 4.78 is 29.7. The van der Waals surface area contributed by atoms with Crippen molar-refractivity contribution in [3.8, 4) is 0 Å². The molecule has 0 radical (unpaired) electrons. The number of carbonyl (C=O) groups excluding carboxylic acids is 1. The molecule has 41 heavy (non-hydrogen) atoms. The maximum Gasteiger partial charge on any atom is 0.253 e. The minimum absolute atomic E-state index is 0.00276. The summed E-state index contributed by atoms with van der Waals surface area (Å²) in [5, 5.41) is 15.0. The van der Waals surface area contributed by atoms with Crippen molar-refractivity contribution in [2.75, 3.05) is 37.0 Å². The lowest BCUT2D eigenvalue weighted by Crippen LogP contribution is -2.37. The molecular weight excluding hydrogens is 615 g/mol. The lowest BCUT2D eigenvalue weighted by atomic mass is 10.1. The number of benzene rings is 2. The number of nitrogens with zero attached hydrogens (tertiary/aromatic N) is 2. The maximum absolute atomic E-state index is 14.1. The number of nitrogens with one attached hydrogen (secondary N) is 3. The third kappa shape index (κ3) is 10.5. The van der Waals surface area contributed by atoms with E-state index in [9.17, 15) is 9.18 Å². The van der Waals surface area contributed by atoms with E-state index in [4.69, 9.17) is 20.3 Å². The van der Waals surface area contributed by atoms with E-state index in [-0.39, 0.29) is 29.1 Å². The van der Waals surface area contributed by atoms with Gasteiger partial charge in [-0.1, -0.05) is 6.07 Å². The average molecular weight is 652 g/mol. The average Bonchev–Trinajstić information content (AvgIpc) is 2.90. The summed E-state index contributed by atoms with van der Waals surface area (Å²) in [6, 6.07) is 11.9. The lowest BCUT2D eigenvalue weighted by molar-refractivity contribution is -0.0761. The number of aromatic nitrogens is 2. The van der Waals surface area contributed by atoms with Gasteiger partial charge in [0.2, 0.25) is 5.95 Å². The van der Waals surface area contributed by atoms with Crippen LogP contribution in [0, 0.1) is 5.82 Å². The van der Waals surface area contributed by atoms with Crippen LogP contribution < -0.4 is 21.1 Å². The van der Waals surface area contributed by atoms with Crippen molar-refractivity contribution in [2.45, 2.75) is 50.2 Å². The molecule has 3 aromatic rings. The highest BCUT2D eigenvalue weighted by Gasteiger charge is 2.23. The van der Waals surface area contributed by atoms with E-state index >= 15 is 0 Å². The molecule has 2 aromatic carbocycles. The number of halogens is 2. The molecule has 0 fully saturated rings. The Morgan fingerprint density at radius 2 is 1.78 bits per heavy atom. The molecule has 1 heterocycles. The van der Waals surface area contributed by atoms with Crippen molar-refractivity contribution in [1.29, 1.82) is 0 Å². The molecular formula is C28H36BrFN6O4S. The normalized spacial score (nSPS) is 11.9. The van der Waals surface area contributed by atoms with Crippen LogP contribution in [0.15, 0.2) is 58.0 Å². The van der Waals surface area contributed by atoms with E-state index in [2.05, 4.69) is 41.3 Å². The van der Waals surface area contributed by atoms with Gasteiger partial charge in [0.05, 0.1) is 46.7 Å². The van der Waals surface area contributed by atoms with Crippen LogP contribution in [0.2, 0.25) is 0 Å². The zero-order valence-corrected chi connectivity index (χ0v) is 25.9. The van der Waals surface area contributed by atoms with Crippen molar-refractivity contribution in [3.05, 3.63) is 64.5 Å². The minimum Gasteiger partial charge on any atom is -0.394 e. The molecule has 0 saturated heterocycles. The van der Waals surface area contributed by atoms with E-state index in [0.29, 0.717) is 36.0 Å². The Hall–Kier alpha value is -2.81. The first-order chi connectivity index (χ1) is 19.4. The summed E-state index contributed by atoms with van der Waals surface area (Å²) in [5.74, 6) is -0.978. The monoisotopic (exact) mass is 650 g/mol. The number of carbonyl (C=O) groups is 1. The Morgan fingerprint density at radius 3 is 2.46 bits per heavy atom. The predicted molar refractivity (Wildman–Crippen MR) is 163 cm³/mol. The number of anilines is 4. The fourth-order valence-corrected chi connectivity index (χ4v) is 4.72. The van der Waals surface area contributed by atoms with E-state index in [1.807, 2.05) is 52.0 Å². The minimum atomic E-state index is -0.887. The van der Waals surface area contributed by atoms with Gasteiger partial charge in [-0.2, -0.15) is 4.98 Å². The van der Waals surface area contributed by atoms with Gasteiger partial charge >= 0.3 is 0 Å². The largest absolute Gasteiger partial charge is 0.394 e. The number of nitrogens with two attached hydrogens (primary N) is 1. The van der Waals surface area contributed by atoms with Crippen molar-refractivity contribution in [2.24, 2.45) is 5.73 Å². The summed E-state index contributed by atoms with van der Waals surface area (Å²) in [7, 11) is 0. The van der Waals surface area contributed by atoms with Gasteiger partial charge in [-0.25, -0.2) is 9.37 Å². The number of rotatable bonds is 16. The molecule has 6 N–H and O–H groups in total. The second-order valence-corrected chi connectivity index (χ2v) is 12.1. The Balaban J connectivity index is 1.52. The van der Waals surface area contributed by atoms with Crippen LogP contribution in [0.3, 0.4) is 0 Å². The fraction of sp³-hybridized carbons (Fsp3) is 0.393. The summed E-state index contributed by atoms with van der Waals surface area (Å²) in [5.41, 5.74) is 5.32. The molecule has 0 aliphatic rings. The fourth-order valence-electron chi connectivity index (χ4n) is 3.57. The lowest BCUT2D eigenvalue weighted by Gasteiger charge is -2.29. The Kier molecular flexibility index (Phi) is 11.9. The number of amides is 1. The summed E-state index contributed by atoms with van der Waals surface area (Å²) in [6.45, 7) is 9.51. The third-order valence-electron chi connectivity index (χ3n) is 5.84. The van der Waals surface area contributed by atoms with Gasteiger partial charge in [-0.3, -0.25) is 9.52 Å². The van der Waals surface area contributed by atoms with Crippen molar-refractivity contribution >= 4 is 56.9 Å². The Morgan fingerprint density at radius 1 is 1.07 bits per heavy atom. The Bertz CT molecular complexity index is 1310. The molecule has 3 rings (SSSR count). The smallest absolute Gasteiger partial charge is 0.253 e. The highest BCUT2D eigenvalue weighted by Crippen LogP contribution is 2.28. The highest BCUT2D eigenvalue weighted by atomic mass is 79.9. The second kappa shape index (κ2) is 14.9. The van der Waals surface area contributed by atoms with Crippen LogP contribution in [-0.2, 0) is 9.47 Å². The molecule has 0 aliphatic heterocycles.